The van der Waals surface area contributed by atoms with Crippen LogP contribution < -0.4 is 10.9 Å². The summed E-state index contributed by atoms with van der Waals surface area (Å²) in [7, 11) is 0. The van der Waals surface area contributed by atoms with E-state index in [1.807, 2.05) is 12.1 Å². The Kier molecular flexibility index (Phi) is 5.56. The van der Waals surface area contributed by atoms with Gasteiger partial charge in [0.15, 0.2) is 0 Å². The quantitative estimate of drug-likeness (QED) is 0.824. The summed E-state index contributed by atoms with van der Waals surface area (Å²) in [4.78, 5) is 19.0. The number of carbonyl (C=O) groups excluding carboxylic acids is 1. The molecule has 8 heteroatoms. The Bertz CT molecular complexity index is 859. The van der Waals surface area contributed by atoms with Crippen LogP contribution in [0.1, 0.15) is 46.7 Å². The first-order valence-corrected chi connectivity index (χ1v) is 9.81. The summed E-state index contributed by atoms with van der Waals surface area (Å²) >= 11 is 0. The number of hydrogen-bond acceptors (Lipinski definition) is 4. The number of hydrogen-bond donors (Lipinski definition) is 2. The second kappa shape index (κ2) is 8.12. The van der Waals surface area contributed by atoms with Crippen LogP contribution in [0.25, 0.3) is 0 Å². The maximum atomic E-state index is 13.2. The predicted octanol–water partition coefficient (Wildman–Crippen LogP) is 3.36. The Hall–Kier alpha value is -2.45. The van der Waals surface area contributed by atoms with Crippen LogP contribution in [0.5, 0.6) is 0 Å². The number of amides is 1. The van der Waals surface area contributed by atoms with Crippen LogP contribution in [0.4, 0.5) is 13.2 Å². The molecule has 2 saturated heterocycles. The molecule has 1 aromatic heterocycles. The van der Waals surface area contributed by atoms with Gasteiger partial charge in [0.05, 0.1) is 5.56 Å². The first-order chi connectivity index (χ1) is 13.9. The van der Waals surface area contributed by atoms with Gasteiger partial charge in [-0.15, -0.1) is 0 Å². The third-order valence-corrected chi connectivity index (χ3v) is 5.82. The third-order valence-electron chi connectivity index (χ3n) is 5.82. The number of nitrogens with one attached hydrogen (secondary N) is 2. The van der Waals surface area contributed by atoms with E-state index >= 15 is 0 Å². The molecule has 0 saturated carbocycles. The topological polar surface area (TPSA) is 57.3 Å². The summed E-state index contributed by atoms with van der Waals surface area (Å²) in [5.41, 5.74) is 6.90. The highest BCUT2D eigenvalue weighted by atomic mass is 19.4. The van der Waals surface area contributed by atoms with E-state index in [0.29, 0.717) is 6.54 Å². The van der Waals surface area contributed by atoms with Crippen molar-refractivity contribution in [1.82, 2.24) is 20.7 Å². The van der Waals surface area contributed by atoms with Gasteiger partial charge in [-0.25, -0.2) is 0 Å². The van der Waals surface area contributed by atoms with Crippen LogP contribution in [0.15, 0.2) is 48.8 Å². The molecule has 2 N–H and O–H groups in total. The fraction of sp³-hybridized carbons (Fsp3) is 0.429. The van der Waals surface area contributed by atoms with Crippen LogP contribution in [0.2, 0.25) is 0 Å². The molecular formula is C21H23F3N4O. The predicted molar refractivity (Wildman–Crippen MR) is 102 cm³/mol. The maximum Gasteiger partial charge on any atom is 0.416 e. The molecule has 0 aliphatic carbocycles. The molecule has 0 bridgehead atoms. The normalized spacial score (nSPS) is 25.2. The highest BCUT2D eigenvalue weighted by Gasteiger charge is 2.41. The molecule has 3 unspecified atom stereocenters. The summed E-state index contributed by atoms with van der Waals surface area (Å²) in [6, 6.07) is 8.52. The molecule has 29 heavy (non-hydrogen) atoms. The van der Waals surface area contributed by atoms with E-state index in [-0.39, 0.29) is 29.5 Å². The summed E-state index contributed by atoms with van der Waals surface area (Å²) in [6.45, 7) is 1.26. The van der Waals surface area contributed by atoms with E-state index in [4.69, 9.17) is 0 Å². The van der Waals surface area contributed by atoms with Crippen LogP contribution in [0.3, 0.4) is 0 Å². The average Bonchev–Trinajstić information content (AvgIpc) is 3.23. The lowest BCUT2D eigenvalue weighted by molar-refractivity contribution is -0.137. The highest BCUT2D eigenvalue weighted by molar-refractivity contribution is 5.94. The summed E-state index contributed by atoms with van der Waals surface area (Å²) in [6.07, 6.45) is 1.67. The van der Waals surface area contributed by atoms with Crippen molar-refractivity contribution in [3.8, 4) is 0 Å². The van der Waals surface area contributed by atoms with Crippen molar-refractivity contribution in [3.05, 3.63) is 65.5 Å². The van der Waals surface area contributed by atoms with Crippen LogP contribution in [0, 0.1) is 0 Å². The molecular weight excluding hydrogens is 381 g/mol. The smallest absolute Gasteiger partial charge is 0.334 e. The van der Waals surface area contributed by atoms with Gasteiger partial charge in [0.2, 0.25) is 0 Å². The van der Waals surface area contributed by atoms with Crippen molar-refractivity contribution in [2.45, 2.75) is 43.4 Å². The lowest BCUT2D eigenvalue weighted by Gasteiger charge is -2.41. The molecule has 3 heterocycles. The fourth-order valence-electron chi connectivity index (χ4n) is 4.39. The first-order valence-electron chi connectivity index (χ1n) is 9.81. The number of aromatic nitrogens is 1. The van der Waals surface area contributed by atoms with Gasteiger partial charge < -0.3 is 4.90 Å². The number of pyridine rings is 1. The van der Waals surface area contributed by atoms with Crippen LogP contribution in [-0.2, 0) is 6.18 Å². The second-order valence-corrected chi connectivity index (χ2v) is 7.58. The first kappa shape index (κ1) is 19.8. The van der Waals surface area contributed by atoms with Gasteiger partial charge in [0.25, 0.3) is 5.91 Å². The van der Waals surface area contributed by atoms with Crippen molar-refractivity contribution in [2.24, 2.45) is 0 Å². The number of halogens is 3. The van der Waals surface area contributed by atoms with E-state index in [9.17, 15) is 18.0 Å². The minimum Gasteiger partial charge on any atom is -0.334 e. The van der Waals surface area contributed by atoms with Crippen LogP contribution in [-0.4, -0.2) is 41.0 Å². The molecule has 4 rings (SSSR count). The molecule has 2 aromatic rings. The second-order valence-electron chi connectivity index (χ2n) is 7.58. The summed E-state index contributed by atoms with van der Waals surface area (Å²) in [5.74, 6) is -0.194. The summed E-state index contributed by atoms with van der Waals surface area (Å²) < 4.78 is 39.3. The molecule has 3 atom stereocenters. The molecule has 5 nitrogen and oxygen atoms in total. The van der Waals surface area contributed by atoms with Crippen molar-refractivity contribution >= 4 is 5.91 Å². The molecule has 2 fully saturated rings. The molecule has 2 aliphatic rings. The van der Waals surface area contributed by atoms with Crippen molar-refractivity contribution in [3.63, 3.8) is 0 Å². The number of nitrogens with zero attached hydrogens (tertiary/aromatic N) is 2. The van der Waals surface area contributed by atoms with Gasteiger partial charge in [0.1, 0.15) is 0 Å². The van der Waals surface area contributed by atoms with Gasteiger partial charge in [-0.05, 0) is 55.2 Å². The van der Waals surface area contributed by atoms with Crippen LogP contribution >= 0.6 is 0 Å². The summed E-state index contributed by atoms with van der Waals surface area (Å²) in [5, 5.41) is 0. The third kappa shape index (κ3) is 4.13. The zero-order chi connectivity index (χ0) is 20.4. The average molecular weight is 404 g/mol. The lowest BCUT2D eigenvalue weighted by Crippen LogP contribution is -2.55. The largest absolute Gasteiger partial charge is 0.416 e. The van der Waals surface area contributed by atoms with E-state index in [1.165, 1.54) is 12.1 Å². The number of piperidine rings is 1. The van der Waals surface area contributed by atoms with Crippen molar-refractivity contribution in [2.75, 3.05) is 13.1 Å². The zero-order valence-corrected chi connectivity index (χ0v) is 15.8. The maximum absolute atomic E-state index is 13.2. The van der Waals surface area contributed by atoms with E-state index in [1.54, 1.807) is 17.3 Å². The van der Waals surface area contributed by atoms with Gasteiger partial charge in [-0.3, -0.25) is 20.6 Å². The number of alkyl halides is 3. The van der Waals surface area contributed by atoms with E-state index in [2.05, 4.69) is 15.8 Å². The Labute approximate surface area is 167 Å². The van der Waals surface area contributed by atoms with Gasteiger partial charge >= 0.3 is 6.18 Å². The molecule has 1 aromatic carbocycles. The Balaban J connectivity index is 1.60. The fourth-order valence-corrected chi connectivity index (χ4v) is 4.39. The van der Waals surface area contributed by atoms with Gasteiger partial charge in [0, 0.05) is 49.0 Å². The Morgan fingerprint density at radius 3 is 2.69 bits per heavy atom. The highest BCUT2D eigenvalue weighted by Crippen LogP contribution is 2.33. The Morgan fingerprint density at radius 2 is 1.93 bits per heavy atom. The number of carbonyl (C=O) groups is 1. The standard InChI is InChI=1S/C21H23F3N4O/c22-21(23,24)16-5-3-4-15(12-16)20(29)28-11-2-1-6-18(28)19-17(13-26-27-19)14-7-9-25-10-8-14/h3-5,7-10,12,17-19,26-27H,1-2,6,11,13H2. The molecule has 0 spiro atoms. The molecule has 1 amide bonds. The lowest BCUT2D eigenvalue weighted by atomic mass is 9.84. The minimum atomic E-state index is -4.47. The van der Waals surface area contributed by atoms with Crippen molar-refractivity contribution < 1.29 is 18.0 Å². The minimum absolute atomic E-state index is 0.0209. The number of likely N-dealkylation sites (tertiary alicyclic amines) is 1. The molecule has 154 valence electrons. The zero-order valence-electron chi connectivity index (χ0n) is 15.8. The molecule has 2 aliphatic heterocycles. The van der Waals surface area contributed by atoms with Gasteiger partial charge in [-0.1, -0.05) is 6.07 Å². The van der Waals surface area contributed by atoms with Crippen molar-refractivity contribution in [1.29, 1.82) is 0 Å². The van der Waals surface area contributed by atoms with E-state index < -0.39 is 11.7 Å². The molecule has 0 radical (unpaired) electrons. The van der Waals surface area contributed by atoms with E-state index in [0.717, 1.165) is 43.5 Å². The monoisotopic (exact) mass is 404 g/mol. The van der Waals surface area contributed by atoms with Gasteiger partial charge in [-0.2, -0.15) is 13.2 Å². The number of hydrazine groups is 1. The number of rotatable bonds is 3. The number of benzene rings is 1. The Morgan fingerprint density at radius 1 is 1.14 bits per heavy atom. The SMILES string of the molecule is O=C(c1cccc(C(F)(F)F)c1)N1CCCCC1C1NNCC1c1ccncc1.